The zero-order valence-electron chi connectivity index (χ0n) is 10.3. The van der Waals surface area contributed by atoms with Crippen LogP contribution in [0.5, 0.6) is 0 Å². The first kappa shape index (κ1) is 12.6. The fourth-order valence-corrected chi connectivity index (χ4v) is 2.05. The number of hydrogen-bond donors (Lipinski definition) is 0. The maximum atomic E-state index is 4.17. The van der Waals surface area contributed by atoms with Crippen molar-refractivity contribution in [1.82, 2.24) is 4.90 Å². The van der Waals surface area contributed by atoms with E-state index in [-0.39, 0.29) is 0 Å². The Morgan fingerprint density at radius 3 is 1.88 bits per heavy atom. The number of nitrogens with zero attached hydrogens (tertiary/aromatic N) is 1. The molecule has 1 aliphatic heterocycles. The second-order valence-electron chi connectivity index (χ2n) is 4.16. The van der Waals surface area contributed by atoms with E-state index in [1.807, 2.05) is 19.1 Å². The normalized spacial score (nSPS) is 16.7. The second kappa shape index (κ2) is 5.55. The van der Waals surface area contributed by atoms with Gasteiger partial charge in [-0.25, -0.2) is 0 Å². The SMILES string of the molecule is C=C/C(C(=C)C)=C(\C=C)C(=C)N1CCCC1. The van der Waals surface area contributed by atoms with E-state index >= 15 is 0 Å². The third-order valence-electron chi connectivity index (χ3n) is 2.96. The van der Waals surface area contributed by atoms with Gasteiger partial charge in [0, 0.05) is 24.4 Å². The van der Waals surface area contributed by atoms with Crippen LogP contribution in [0.2, 0.25) is 0 Å². The third-order valence-corrected chi connectivity index (χ3v) is 2.96. The average molecular weight is 215 g/mol. The quantitative estimate of drug-likeness (QED) is 0.630. The molecule has 0 aromatic heterocycles. The summed E-state index contributed by atoms with van der Waals surface area (Å²) in [5, 5.41) is 0. The molecule has 0 aliphatic carbocycles. The molecule has 0 bridgehead atoms. The molecular weight excluding hydrogens is 194 g/mol. The van der Waals surface area contributed by atoms with Gasteiger partial charge in [-0.15, -0.1) is 0 Å². The molecule has 0 aromatic rings. The Morgan fingerprint density at radius 2 is 1.50 bits per heavy atom. The van der Waals surface area contributed by atoms with Gasteiger partial charge in [-0.1, -0.05) is 44.0 Å². The van der Waals surface area contributed by atoms with Crippen molar-refractivity contribution in [3.05, 3.63) is 60.9 Å². The van der Waals surface area contributed by atoms with Crippen LogP contribution in [0.25, 0.3) is 0 Å². The van der Waals surface area contributed by atoms with E-state index in [1.165, 1.54) is 12.8 Å². The van der Waals surface area contributed by atoms with E-state index in [0.29, 0.717) is 0 Å². The predicted octanol–water partition coefficient (Wildman–Crippen LogP) is 3.84. The van der Waals surface area contributed by atoms with Crippen molar-refractivity contribution < 1.29 is 0 Å². The minimum atomic E-state index is 1.00. The molecule has 16 heavy (non-hydrogen) atoms. The van der Waals surface area contributed by atoms with Gasteiger partial charge in [0.25, 0.3) is 0 Å². The summed E-state index contributed by atoms with van der Waals surface area (Å²) in [5.41, 5.74) is 4.16. The Bertz CT molecular complexity index is 352. The summed E-state index contributed by atoms with van der Waals surface area (Å²) in [6, 6.07) is 0. The molecule has 0 aromatic carbocycles. The summed E-state index contributed by atoms with van der Waals surface area (Å²) >= 11 is 0. The molecule has 1 rings (SSSR count). The molecule has 0 atom stereocenters. The van der Waals surface area contributed by atoms with Crippen LogP contribution in [0.3, 0.4) is 0 Å². The average Bonchev–Trinajstić information content (AvgIpc) is 2.77. The molecule has 1 aliphatic rings. The van der Waals surface area contributed by atoms with Crippen molar-refractivity contribution in [2.45, 2.75) is 19.8 Å². The lowest BCUT2D eigenvalue weighted by atomic mass is 9.99. The molecular formula is C15H21N. The van der Waals surface area contributed by atoms with E-state index < -0.39 is 0 Å². The number of likely N-dealkylation sites (tertiary alicyclic amines) is 1. The summed E-state index contributed by atoms with van der Waals surface area (Å²) in [6.07, 6.45) is 6.19. The summed E-state index contributed by atoms with van der Waals surface area (Å²) in [7, 11) is 0. The summed E-state index contributed by atoms with van der Waals surface area (Å²) in [6.45, 7) is 20.0. The Morgan fingerprint density at radius 1 is 1.00 bits per heavy atom. The van der Waals surface area contributed by atoms with E-state index in [9.17, 15) is 0 Å². The van der Waals surface area contributed by atoms with E-state index in [2.05, 4.69) is 31.2 Å². The van der Waals surface area contributed by atoms with Gasteiger partial charge < -0.3 is 4.90 Å². The lowest BCUT2D eigenvalue weighted by molar-refractivity contribution is 0.438. The minimum absolute atomic E-state index is 1.00. The number of rotatable bonds is 5. The van der Waals surface area contributed by atoms with Crippen molar-refractivity contribution in [3.63, 3.8) is 0 Å². The molecule has 1 fully saturated rings. The molecule has 0 radical (unpaired) electrons. The Hall–Kier alpha value is -1.50. The number of hydrogen-bond acceptors (Lipinski definition) is 1. The highest BCUT2D eigenvalue weighted by molar-refractivity contribution is 5.51. The first-order valence-electron chi connectivity index (χ1n) is 5.71. The highest BCUT2D eigenvalue weighted by Gasteiger charge is 2.16. The van der Waals surface area contributed by atoms with Crippen LogP contribution in [0.15, 0.2) is 60.9 Å². The first-order valence-corrected chi connectivity index (χ1v) is 5.71. The molecule has 1 saturated heterocycles. The molecule has 1 heteroatoms. The third kappa shape index (κ3) is 2.54. The molecule has 0 saturated carbocycles. The maximum Gasteiger partial charge on any atom is 0.0372 e. The van der Waals surface area contributed by atoms with Gasteiger partial charge in [0.1, 0.15) is 0 Å². The summed E-state index contributed by atoms with van der Waals surface area (Å²) in [4.78, 5) is 2.31. The Kier molecular flexibility index (Phi) is 4.36. The Labute approximate surface area is 99.2 Å². The molecule has 1 heterocycles. The topological polar surface area (TPSA) is 3.24 Å². The highest BCUT2D eigenvalue weighted by Crippen LogP contribution is 2.25. The van der Waals surface area contributed by atoms with Crippen LogP contribution in [-0.2, 0) is 0 Å². The molecule has 0 N–H and O–H groups in total. The molecule has 86 valence electrons. The lowest BCUT2D eigenvalue weighted by Gasteiger charge is -2.23. The van der Waals surface area contributed by atoms with Gasteiger partial charge in [0.05, 0.1) is 0 Å². The number of allylic oxidation sites excluding steroid dienone is 4. The van der Waals surface area contributed by atoms with Crippen LogP contribution < -0.4 is 0 Å². The van der Waals surface area contributed by atoms with Gasteiger partial charge >= 0.3 is 0 Å². The van der Waals surface area contributed by atoms with E-state index in [1.54, 1.807) is 0 Å². The second-order valence-corrected chi connectivity index (χ2v) is 4.16. The summed E-state index contributed by atoms with van der Waals surface area (Å²) < 4.78 is 0. The van der Waals surface area contributed by atoms with Crippen LogP contribution in [0, 0.1) is 0 Å². The smallest absolute Gasteiger partial charge is 0.0372 e. The molecule has 0 spiro atoms. The predicted molar refractivity (Wildman–Crippen MR) is 72.2 cm³/mol. The minimum Gasteiger partial charge on any atom is -0.372 e. The van der Waals surface area contributed by atoms with Crippen LogP contribution >= 0.6 is 0 Å². The highest BCUT2D eigenvalue weighted by atomic mass is 15.1. The fraction of sp³-hybridized carbons (Fsp3) is 0.333. The van der Waals surface area contributed by atoms with Gasteiger partial charge in [-0.3, -0.25) is 0 Å². The van der Waals surface area contributed by atoms with Gasteiger partial charge in [0.2, 0.25) is 0 Å². The van der Waals surface area contributed by atoms with Crippen LogP contribution in [0.4, 0.5) is 0 Å². The van der Waals surface area contributed by atoms with Gasteiger partial charge in [-0.2, -0.15) is 0 Å². The van der Waals surface area contributed by atoms with Crippen molar-refractivity contribution in [3.8, 4) is 0 Å². The maximum absolute atomic E-state index is 4.17. The van der Waals surface area contributed by atoms with Gasteiger partial charge in [-0.05, 0) is 25.3 Å². The van der Waals surface area contributed by atoms with Crippen LogP contribution in [0.1, 0.15) is 19.8 Å². The first-order chi connectivity index (χ1) is 7.61. The largest absolute Gasteiger partial charge is 0.372 e. The lowest BCUT2D eigenvalue weighted by Crippen LogP contribution is -2.19. The van der Waals surface area contributed by atoms with Crippen molar-refractivity contribution in [2.75, 3.05) is 13.1 Å². The van der Waals surface area contributed by atoms with Crippen molar-refractivity contribution >= 4 is 0 Å². The fourth-order valence-electron chi connectivity index (χ4n) is 2.05. The molecule has 1 nitrogen and oxygen atoms in total. The standard InChI is InChI=1S/C15H21N/c1-6-14(12(3)4)15(7-2)13(5)16-10-8-9-11-16/h6-7H,1-3,5,8-11H2,4H3/b15-14-. The monoisotopic (exact) mass is 215 g/mol. The van der Waals surface area contributed by atoms with Crippen LogP contribution in [-0.4, -0.2) is 18.0 Å². The Balaban J connectivity index is 3.04. The van der Waals surface area contributed by atoms with Crippen molar-refractivity contribution in [1.29, 1.82) is 0 Å². The zero-order chi connectivity index (χ0) is 12.1. The van der Waals surface area contributed by atoms with Gasteiger partial charge in [0.15, 0.2) is 0 Å². The van der Waals surface area contributed by atoms with E-state index in [4.69, 9.17) is 0 Å². The molecule has 0 amide bonds. The zero-order valence-corrected chi connectivity index (χ0v) is 10.3. The van der Waals surface area contributed by atoms with E-state index in [0.717, 1.165) is 35.5 Å². The molecule has 0 unspecified atom stereocenters. The van der Waals surface area contributed by atoms with Crippen molar-refractivity contribution in [2.24, 2.45) is 0 Å². The summed E-state index contributed by atoms with van der Waals surface area (Å²) in [5.74, 6) is 0.